The molecule has 54 heavy (non-hydrogen) atoms. The number of tetrazole rings is 1. The first-order valence-corrected chi connectivity index (χ1v) is 17.3. The molecule has 0 spiro atoms. The Bertz CT molecular complexity index is 2000. The number of carbonyl (C=O) groups is 3. The second-order valence-electron chi connectivity index (χ2n) is 13.6. The lowest BCUT2D eigenvalue weighted by Gasteiger charge is -2.44. The number of hydrogen-bond acceptors (Lipinski definition) is 8. The van der Waals surface area contributed by atoms with Crippen LogP contribution >= 0.6 is 0 Å². The first-order chi connectivity index (χ1) is 25.5. The van der Waals surface area contributed by atoms with Crippen LogP contribution in [0.5, 0.6) is 0 Å². The van der Waals surface area contributed by atoms with Crippen molar-refractivity contribution in [1.29, 1.82) is 0 Å². The van der Waals surface area contributed by atoms with Crippen molar-refractivity contribution in [2.24, 2.45) is 0 Å². The molecule has 0 bridgehead atoms. The molecular weight excluding hydrogens is 720 g/mol. The number of anilines is 2. The molecular formula is C37H37F6N7O4. The summed E-state index contributed by atoms with van der Waals surface area (Å²) >= 11 is 0. The number of carbonyl (C=O) groups excluding carboxylic acids is 3. The molecule has 2 aliphatic rings. The largest absolute Gasteiger partial charge is 0.446 e. The fourth-order valence-electron chi connectivity index (χ4n) is 6.88. The molecule has 6 rings (SSSR count). The molecule has 1 aromatic heterocycles. The normalized spacial score (nSPS) is 17.2. The summed E-state index contributed by atoms with van der Waals surface area (Å²) in [4.78, 5) is 44.4. The number of alkyl halides is 6. The van der Waals surface area contributed by atoms with Gasteiger partial charge in [0.25, 0.3) is 17.8 Å². The fourth-order valence-corrected chi connectivity index (χ4v) is 6.88. The number of halogens is 6. The standard InChI is InChI=1S/C37H37F6N7O4/c1-5-26-19-31(29-15-22(4)11-12-30(29)50(26)35(53)54-21(2)3)48(20-23-16-24(36(38,39)40)18-25(17-23)37(41,42)43)34-44-46-49(45-34)14-8-13-47-32(51)27-9-6-7-10-28(27)33(47)52/h6-7,9-12,15-18,21,26,31H,5,8,13-14,19-20H2,1-4H3/t26-,31+/m1/s1. The van der Waals surface area contributed by atoms with Gasteiger partial charge < -0.3 is 9.64 Å². The maximum atomic E-state index is 13.9. The zero-order valence-corrected chi connectivity index (χ0v) is 29.8. The number of hydrogen-bond donors (Lipinski definition) is 0. The van der Waals surface area contributed by atoms with Crippen LogP contribution in [-0.2, 0) is 30.2 Å². The van der Waals surface area contributed by atoms with Crippen molar-refractivity contribution in [3.05, 3.63) is 99.6 Å². The van der Waals surface area contributed by atoms with Gasteiger partial charge in [0.1, 0.15) is 0 Å². The van der Waals surface area contributed by atoms with Crippen LogP contribution in [0.2, 0.25) is 0 Å². The Kier molecular flexibility index (Phi) is 10.4. The van der Waals surface area contributed by atoms with Crippen molar-refractivity contribution >= 4 is 29.5 Å². The van der Waals surface area contributed by atoms with Gasteiger partial charge >= 0.3 is 18.4 Å². The van der Waals surface area contributed by atoms with E-state index in [4.69, 9.17) is 4.74 Å². The smallest absolute Gasteiger partial charge is 0.416 e. The zero-order chi connectivity index (χ0) is 39.1. The lowest BCUT2D eigenvalue weighted by molar-refractivity contribution is -0.143. The van der Waals surface area contributed by atoms with E-state index in [1.165, 1.54) is 14.6 Å². The SMILES string of the molecule is CC[C@@H]1C[C@H](N(Cc2cc(C(F)(F)F)cc(C(F)(F)F)c2)c2nnn(CCCN3C(=O)c4ccccc4C3=O)n2)c2cc(C)ccc2N1C(=O)OC(C)C. The predicted octanol–water partition coefficient (Wildman–Crippen LogP) is 7.99. The van der Waals surface area contributed by atoms with Crippen molar-refractivity contribution in [3.63, 3.8) is 0 Å². The van der Waals surface area contributed by atoms with Gasteiger partial charge in [-0.1, -0.05) is 41.9 Å². The van der Waals surface area contributed by atoms with Gasteiger partial charge in [0, 0.05) is 19.1 Å². The van der Waals surface area contributed by atoms with Crippen LogP contribution in [0.15, 0.2) is 60.7 Å². The molecule has 0 radical (unpaired) electrons. The third-order valence-corrected chi connectivity index (χ3v) is 9.36. The van der Waals surface area contributed by atoms with Gasteiger partial charge in [-0.25, -0.2) is 4.79 Å². The van der Waals surface area contributed by atoms with E-state index >= 15 is 0 Å². The van der Waals surface area contributed by atoms with Crippen molar-refractivity contribution in [2.75, 3.05) is 16.3 Å². The summed E-state index contributed by atoms with van der Waals surface area (Å²) in [5.74, 6) is -0.958. The molecule has 3 heterocycles. The minimum absolute atomic E-state index is 0.0349. The highest BCUT2D eigenvalue weighted by molar-refractivity contribution is 6.21. The highest BCUT2D eigenvalue weighted by Crippen LogP contribution is 2.44. The summed E-state index contributed by atoms with van der Waals surface area (Å²) in [7, 11) is 0. The van der Waals surface area contributed by atoms with Gasteiger partial charge in [0.15, 0.2) is 0 Å². The second kappa shape index (κ2) is 14.7. The maximum Gasteiger partial charge on any atom is 0.416 e. The number of benzene rings is 3. The molecule has 0 unspecified atom stereocenters. The van der Waals surface area contributed by atoms with E-state index in [0.717, 1.165) is 10.5 Å². The van der Waals surface area contributed by atoms with Crippen LogP contribution < -0.4 is 9.80 Å². The number of aryl methyl sites for hydroxylation is 2. The molecule has 286 valence electrons. The van der Waals surface area contributed by atoms with Crippen molar-refractivity contribution < 1.29 is 45.5 Å². The highest BCUT2D eigenvalue weighted by Gasteiger charge is 2.42. The summed E-state index contributed by atoms with van der Waals surface area (Å²) in [5.41, 5.74) is -0.828. The van der Waals surface area contributed by atoms with E-state index in [1.807, 2.05) is 13.8 Å². The summed E-state index contributed by atoms with van der Waals surface area (Å²) in [6, 6.07) is 11.9. The van der Waals surface area contributed by atoms with E-state index in [1.54, 1.807) is 56.3 Å². The highest BCUT2D eigenvalue weighted by atomic mass is 19.4. The molecule has 0 saturated carbocycles. The summed E-state index contributed by atoms with van der Waals surface area (Å²) in [5, 5.41) is 12.8. The van der Waals surface area contributed by atoms with Gasteiger partial charge in [-0.05, 0) is 92.8 Å². The maximum absolute atomic E-state index is 13.9. The molecule has 4 aromatic rings. The minimum atomic E-state index is -5.07. The Morgan fingerprint density at radius 1 is 0.926 bits per heavy atom. The van der Waals surface area contributed by atoms with E-state index in [2.05, 4.69) is 15.4 Å². The van der Waals surface area contributed by atoms with Gasteiger partial charge in [0.05, 0.1) is 46.6 Å². The van der Waals surface area contributed by atoms with Crippen LogP contribution in [-0.4, -0.2) is 61.7 Å². The Hall–Kier alpha value is -5.48. The van der Waals surface area contributed by atoms with Gasteiger partial charge in [-0.15, -0.1) is 5.10 Å². The van der Waals surface area contributed by atoms with Gasteiger partial charge in [0.2, 0.25) is 0 Å². The summed E-state index contributed by atoms with van der Waals surface area (Å²) < 4.78 is 89.2. The molecule has 0 fully saturated rings. The first-order valence-electron chi connectivity index (χ1n) is 17.3. The molecule has 11 nitrogen and oxygen atoms in total. The van der Waals surface area contributed by atoms with Crippen LogP contribution in [0.4, 0.5) is 42.8 Å². The molecule has 2 aliphatic heterocycles. The lowest BCUT2D eigenvalue weighted by Crippen LogP contribution is -2.48. The number of rotatable bonds is 10. The van der Waals surface area contributed by atoms with Gasteiger partial charge in [-0.3, -0.25) is 19.4 Å². The zero-order valence-electron chi connectivity index (χ0n) is 29.8. The molecule has 17 heteroatoms. The number of nitrogens with zero attached hydrogens (tertiary/aromatic N) is 7. The Labute approximate surface area is 306 Å². The molecule has 3 amide bonds. The van der Waals surface area contributed by atoms with Crippen LogP contribution in [0.3, 0.4) is 0 Å². The average Bonchev–Trinajstić information content (AvgIpc) is 3.67. The van der Waals surface area contributed by atoms with E-state index in [9.17, 15) is 40.7 Å². The third-order valence-electron chi connectivity index (χ3n) is 9.36. The minimum Gasteiger partial charge on any atom is -0.446 e. The number of fused-ring (bicyclic) bond motifs is 2. The molecule has 0 N–H and O–H groups in total. The Morgan fingerprint density at radius 3 is 2.13 bits per heavy atom. The second-order valence-corrected chi connectivity index (χ2v) is 13.6. The fraction of sp³-hybridized carbons (Fsp3) is 0.405. The Morgan fingerprint density at radius 2 is 1.56 bits per heavy atom. The first kappa shape index (κ1) is 38.3. The quantitative estimate of drug-likeness (QED) is 0.118. The Balaban J connectivity index is 1.37. The topological polar surface area (TPSA) is 114 Å². The van der Waals surface area contributed by atoms with Crippen molar-refractivity contribution in [1.82, 2.24) is 25.1 Å². The number of aromatic nitrogens is 4. The summed E-state index contributed by atoms with van der Waals surface area (Å²) in [6.07, 6.45) is -10.3. The average molecular weight is 758 g/mol. The van der Waals surface area contributed by atoms with E-state index in [-0.39, 0.29) is 43.5 Å². The number of ether oxygens (including phenoxy) is 1. The number of amides is 3. The molecule has 0 saturated heterocycles. The van der Waals surface area contributed by atoms with Crippen LogP contribution in [0, 0.1) is 6.92 Å². The van der Waals surface area contributed by atoms with Crippen molar-refractivity contribution in [2.45, 2.75) is 90.6 Å². The van der Waals surface area contributed by atoms with E-state index < -0.39 is 66.1 Å². The van der Waals surface area contributed by atoms with Crippen LogP contribution in [0.1, 0.15) is 94.6 Å². The summed E-state index contributed by atoms with van der Waals surface area (Å²) in [6.45, 7) is 6.71. The number of imide groups is 1. The van der Waals surface area contributed by atoms with Crippen molar-refractivity contribution in [3.8, 4) is 0 Å². The molecule has 0 aliphatic carbocycles. The van der Waals surface area contributed by atoms with Crippen LogP contribution in [0.25, 0.3) is 0 Å². The monoisotopic (exact) mass is 757 g/mol. The lowest BCUT2D eigenvalue weighted by atomic mass is 9.87. The van der Waals surface area contributed by atoms with Gasteiger partial charge in [-0.2, -0.15) is 31.1 Å². The molecule has 3 aromatic carbocycles. The third kappa shape index (κ3) is 7.75. The molecule has 2 atom stereocenters. The van der Waals surface area contributed by atoms with E-state index in [0.29, 0.717) is 40.9 Å². The predicted molar refractivity (Wildman–Crippen MR) is 184 cm³/mol.